The maximum Gasteiger partial charge on any atom is 0.236 e. The number of nitriles is 1. The van der Waals surface area contributed by atoms with Gasteiger partial charge in [-0.05, 0) is 18.2 Å². The third-order valence-electron chi connectivity index (χ3n) is 4.99. The molecule has 0 unspecified atom stereocenters. The van der Waals surface area contributed by atoms with Crippen LogP contribution in [0.2, 0.25) is 5.02 Å². The summed E-state index contributed by atoms with van der Waals surface area (Å²) >= 11 is 8.10. The van der Waals surface area contributed by atoms with Crippen LogP contribution in [-0.4, -0.2) is 66.9 Å². The molecule has 3 rings (SSSR count). The van der Waals surface area contributed by atoms with Crippen molar-refractivity contribution >= 4 is 28.8 Å². The minimum absolute atomic E-state index is 0.0892. The fourth-order valence-electron chi connectivity index (χ4n) is 3.25. The van der Waals surface area contributed by atoms with Gasteiger partial charge in [0, 0.05) is 66.7 Å². The Kier molecular flexibility index (Phi) is 7.46. The van der Waals surface area contributed by atoms with E-state index in [4.69, 9.17) is 16.9 Å². The monoisotopic (exact) mass is 416 g/mol. The van der Waals surface area contributed by atoms with Gasteiger partial charge in [0.25, 0.3) is 0 Å². The number of rotatable bonds is 7. The van der Waals surface area contributed by atoms with E-state index in [-0.39, 0.29) is 5.91 Å². The van der Waals surface area contributed by atoms with Crippen molar-refractivity contribution in [1.82, 2.24) is 14.7 Å². The Morgan fingerprint density at radius 1 is 1.18 bits per heavy atom. The van der Waals surface area contributed by atoms with Crippen LogP contribution in [0.1, 0.15) is 11.3 Å². The van der Waals surface area contributed by atoms with Crippen LogP contribution in [-0.2, 0) is 11.3 Å². The average Bonchev–Trinajstić information content (AvgIpc) is 3.16. The van der Waals surface area contributed by atoms with Gasteiger partial charge in [-0.1, -0.05) is 29.8 Å². The van der Waals surface area contributed by atoms with Crippen LogP contribution in [0.3, 0.4) is 0 Å². The Morgan fingerprint density at radius 3 is 2.61 bits per heavy atom. The van der Waals surface area contributed by atoms with E-state index in [1.54, 1.807) is 23.3 Å². The summed E-state index contributed by atoms with van der Waals surface area (Å²) in [6.45, 7) is 5.55. The van der Waals surface area contributed by atoms with Gasteiger partial charge in [-0.3, -0.25) is 14.6 Å². The number of piperazine rings is 1. The van der Waals surface area contributed by atoms with Crippen LogP contribution in [0.15, 0.2) is 36.4 Å². The van der Waals surface area contributed by atoms with E-state index in [1.807, 2.05) is 18.2 Å². The number of hydrogen-bond donors (Lipinski definition) is 0. The van der Waals surface area contributed by atoms with Crippen molar-refractivity contribution in [2.45, 2.75) is 13.0 Å². The third kappa shape index (κ3) is 5.55. The summed E-state index contributed by atoms with van der Waals surface area (Å²) in [6.07, 6.45) is 0.382. The van der Waals surface area contributed by atoms with Crippen molar-refractivity contribution in [3.8, 4) is 16.5 Å². The van der Waals surface area contributed by atoms with Gasteiger partial charge < -0.3 is 4.90 Å². The summed E-state index contributed by atoms with van der Waals surface area (Å²) in [7, 11) is 1.77. The highest BCUT2D eigenvalue weighted by Gasteiger charge is 2.21. The second-order valence-electron chi connectivity index (χ2n) is 7.02. The lowest BCUT2D eigenvalue weighted by Crippen LogP contribution is -2.49. The summed E-state index contributed by atoms with van der Waals surface area (Å²) in [6, 6.07) is 14.4. The topological polar surface area (TPSA) is 50.6 Å². The molecule has 1 amide bonds. The van der Waals surface area contributed by atoms with Crippen LogP contribution in [0, 0.1) is 11.3 Å². The fraction of sp³-hybridized carbons (Fsp3) is 0.429. The first-order valence-electron chi connectivity index (χ1n) is 9.46. The minimum Gasteiger partial charge on any atom is -0.344 e. The average molecular weight is 417 g/mol. The summed E-state index contributed by atoms with van der Waals surface area (Å²) < 4.78 is 0. The molecule has 2 heterocycles. The Bertz CT molecular complexity index is 839. The molecule has 0 atom stereocenters. The van der Waals surface area contributed by atoms with Gasteiger partial charge in [0.05, 0.1) is 19.0 Å². The lowest BCUT2D eigenvalue weighted by Gasteiger charge is -2.34. The van der Waals surface area contributed by atoms with Gasteiger partial charge in [0.2, 0.25) is 5.91 Å². The van der Waals surface area contributed by atoms with Gasteiger partial charge >= 0.3 is 0 Å². The predicted molar refractivity (Wildman–Crippen MR) is 114 cm³/mol. The SMILES string of the molecule is CN(CCC#N)C(=O)CN1CCN(Cc2ccc(-c3ccccc3Cl)s2)CC1. The Morgan fingerprint density at radius 2 is 1.89 bits per heavy atom. The normalized spacial score (nSPS) is 15.3. The number of benzene rings is 1. The van der Waals surface area contributed by atoms with Crippen molar-refractivity contribution in [3.05, 3.63) is 46.3 Å². The van der Waals surface area contributed by atoms with Gasteiger partial charge in [0.15, 0.2) is 0 Å². The number of halogens is 1. The molecular weight excluding hydrogens is 392 g/mol. The van der Waals surface area contributed by atoms with E-state index >= 15 is 0 Å². The molecule has 2 aromatic rings. The first kappa shape index (κ1) is 20.8. The number of carbonyl (C=O) groups excluding carboxylic acids is 1. The van der Waals surface area contributed by atoms with Crippen molar-refractivity contribution in [2.24, 2.45) is 0 Å². The van der Waals surface area contributed by atoms with Gasteiger partial charge in [-0.25, -0.2) is 0 Å². The van der Waals surface area contributed by atoms with Crippen LogP contribution < -0.4 is 0 Å². The number of nitrogens with zero attached hydrogens (tertiary/aromatic N) is 4. The molecule has 0 radical (unpaired) electrons. The maximum absolute atomic E-state index is 12.2. The zero-order chi connectivity index (χ0) is 19.9. The van der Waals surface area contributed by atoms with Crippen molar-refractivity contribution in [1.29, 1.82) is 5.26 Å². The molecule has 1 aromatic carbocycles. The molecule has 28 heavy (non-hydrogen) atoms. The quantitative estimate of drug-likeness (QED) is 0.692. The van der Waals surface area contributed by atoms with Crippen molar-refractivity contribution < 1.29 is 4.79 Å². The standard InChI is InChI=1S/C21H25ClN4OS/c1-24(10-4-9-23)21(27)16-26-13-11-25(12-14-26)15-17-7-8-20(28-17)18-5-2-3-6-19(18)22/h2-3,5-8H,4,10-16H2,1H3. The van der Waals surface area contributed by atoms with Crippen LogP contribution in [0.4, 0.5) is 0 Å². The lowest BCUT2D eigenvalue weighted by atomic mass is 10.2. The van der Waals surface area contributed by atoms with Crippen molar-refractivity contribution in [3.63, 3.8) is 0 Å². The first-order valence-corrected chi connectivity index (χ1v) is 10.7. The molecule has 0 aliphatic carbocycles. The maximum atomic E-state index is 12.2. The van der Waals surface area contributed by atoms with E-state index in [0.29, 0.717) is 19.5 Å². The van der Waals surface area contributed by atoms with E-state index < -0.39 is 0 Å². The molecule has 0 N–H and O–H groups in total. The number of thiophene rings is 1. The number of carbonyl (C=O) groups is 1. The van der Waals surface area contributed by atoms with Gasteiger partial charge in [0.1, 0.15) is 0 Å². The molecule has 0 spiro atoms. The van der Waals surface area contributed by atoms with Gasteiger partial charge in [-0.15, -0.1) is 11.3 Å². The molecule has 1 saturated heterocycles. The molecule has 0 saturated carbocycles. The number of likely N-dealkylation sites (N-methyl/N-ethyl adjacent to an activating group) is 1. The highest BCUT2D eigenvalue weighted by molar-refractivity contribution is 7.15. The fourth-order valence-corrected chi connectivity index (χ4v) is 4.63. The zero-order valence-corrected chi connectivity index (χ0v) is 17.7. The number of hydrogen-bond acceptors (Lipinski definition) is 5. The summed E-state index contributed by atoms with van der Waals surface area (Å²) in [4.78, 5) is 21.0. The molecule has 1 aliphatic rings. The van der Waals surface area contributed by atoms with Gasteiger partial charge in [-0.2, -0.15) is 5.26 Å². The highest BCUT2D eigenvalue weighted by atomic mass is 35.5. The molecule has 1 aliphatic heterocycles. The van der Waals surface area contributed by atoms with Crippen LogP contribution in [0.25, 0.3) is 10.4 Å². The minimum atomic E-state index is 0.0892. The first-order chi connectivity index (χ1) is 13.6. The van der Waals surface area contributed by atoms with E-state index in [0.717, 1.165) is 43.3 Å². The smallest absolute Gasteiger partial charge is 0.236 e. The number of amides is 1. The largest absolute Gasteiger partial charge is 0.344 e. The molecule has 148 valence electrons. The molecule has 5 nitrogen and oxygen atoms in total. The Hall–Kier alpha value is -1.91. The zero-order valence-electron chi connectivity index (χ0n) is 16.1. The molecular formula is C21H25ClN4OS. The van der Waals surface area contributed by atoms with Crippen molar-refractivity contribution in [2.75, 3.05) is 46.3 Å². The molecule has 7 heteroatoms. The third-order valence-corrected chi connectivity index (χ3v) is 6.42. The van der Waals surface area contributed by atoms with Crippen LogP contribution in [0.5, 0.6) is 0 Å². The van der Waals surface area contributed by atoms with E-state index in [1.165, 1.54) is 9.75 Å². The van der Waals surface area contributed by atoms with E-state index in [2.05, 4.69) is 34.1 Å². The second kappa shape index (κ2) is 10.0. The molecule has 1 fully saturated rings. The molecule has 0 bridgehead atoms. The van der Waals surface area contributed by atoms with E-state index in [9.17, 15) is 4.79 Å². The van der Waals surface area contributed by atoms with Crippen LogP contribution >= 0.6 is 22.9 Å². The summed E-state index contributed by atoms with van der Waals surface area (Å²) in [5.74, 6) is 0.0892. The second-order valence-corrected chi connectivity index (χ2v) is 8.60. The lowest BCUT2D eigenvalue weighted by molar-refractivity contribution is -0.131. The predicted octanol–water partition coefficient (Wildman–Crippen LogP) is 3.56. The molecule has 1 aromatic heterocycles. The summed E-state index contributed by atoms with van der Waals surface area (Å²) in [5, 5.41) is 9.42. The Balaban J connectivity index is 1.47. The summed E-state index contributed by atoms with van der Waals surface area (Å²) in [5.41, 5.74) is 1.09. The Labute approximate surface area is 175 Å². The highest BCUT2D eigenvalue weighted by Crippen LogP contribution is 2.33.